The first-order chi connectivity index (χ1) is 8.54. The van der Waals surface area contributed by atoms with Gasteiger partial charge in [0.05, 0.1) is 16.1 Å². The number of rotatable bonds is 3. The molecule has 1 saturated heterocycles. The van der Waals surface area contributed by atoms with Crippen LogP contribution in [0.2, 0.25) is 5.02 Å². The van der Waals surface area contributed by atoms with E-state index in [1.807, 2.05) is 18.4 Å². The van der Waals surface area contributed by atoms with Crippen molar-refractivity contribution in [3.63, 3.8) is 0 Å². The van der Waals surface area contributed by atoms with Crippen LogP contribution in [-0.4, -0.2) is 30.8 Å². The Hall–Kier alpha value is -0.710. The van der Waals surface area contributed by atoms with Crippen LogP contribution in [0.1, 0.15) is 23.7 Å². The van der Waals surface area contributed by atoms with Gasteiger partial charge in [-0.05, 0) is 44.3 Å². The van der Waals surface area contributed by atoms with Crippen molar-refractivity contribution in [3.8, 4) is 0 Å². The zero-order chi connectivity index (χ0) is 13.2. The second-order valence-electron chi connectivity index (χ2n) is 4.79. The molecule has 0 radical (unpaired) electrons. The van der Waals surface area contributed by atoms with Crippen molar-refractivity contribution in [2.45, 2.75) is 23.8 Å². The minimum Gasteiger partial charge on any atom is -0.346 e. The fourth-order valence-electron chi connectivity index (χ4n) is 2.07. The van der Waals surface area contributed by atoms with Crippen LogP contribution in [0, 0.1) is 0 Å². The van der Waals surface area contributed by atoms with Crippen LogP contribution in [0.25, 0.3) is 0 Å². The number of amides is 1. The summed E-state index contributed by atoms with van der Waals surface area (Å²) in [5, 5.41) is 6.82. The van der Waals surface area contributed by atoms with E-state index in [0.29, 0.717) is 10.6 Å². The molecule has 18 heavy (non-hydrogen) atoms. The average Bonchev–Trinajstić information content (AvgIpc) is 2.76. The largest absolute Gasteiger partial charge is 0.346 e. The summed E-state index contributed by atoms with van der Waals surface area (Å²) in [7, 11) is 0. The van der Waals surface area contributed by atoms with Crippen LogP contribution in [-0.2, 0) is 0 Å². The summed E-state index contributed by atoms with van der Waals surface area (Å²) in [5.74, 6) is -0.0953. The van der Waals surface area contributed by atoms with E-state index in [0.717, 1.165) is 24.4 Å². The maximum absolute atomic E-state index is 12.3. The van der Waals surface area contributed by atoms with Gasteiger partial charge in [-0.2, -0.15) is 0 Å². The Kier molecular flexibility index (Phi) is 4.20. The maximum atomic E-state index is 12.3. The summed E-state index contributed by atoms with van der Waals surface area (Å²) in [6.45, 7) is 3.80. The van der Waals surface area contributed by atoms with Gasteiger partial charge in [0.1, 0.15) is 0 Å². The quantitative estimate of drug-likeness (QED) is 0.838. The maximum Gasteiger partial charge on any atom is 0.253 e. The predicted octanol–water partition coefficient (Wildman–Crippen LogP) is 2.54. The lowest BCUT2D eigenvalue weighted by Gasteiger charge is -2.24. The predicted molar refractivity (Wildman–Crippen MR) is 76.6 cm³/mol. The van der Waals surface area contributed by atoms with E-state index >= 15 is 0 Å². The molecule has 0 saturated carbocycles. The van der Waals surface area contributed by atoms with E-state index in [1.165, 1.54) is 0 Å². The third kappa shape index (κ3) is 2.99. The third-order valence-corrected chi connectivity index (χ3v) is 4.26. The Morgan fingerprint density at radius 3 is 2.94 bits per heavy atom. The van der Waals surface area contributed by atoms with Gasteiger partial charge in [-0.25, -0.2) is 0 Å². The summed E-state index contributed by atoms with van der Waals surface area (Å²) >= 11 is 7.69. The Labute approximate surface area is 117 Å². The van der Waals surface area contributed by atoms with Gasteiger partial charge < -0.3 is 10.6 Å². The lowest BCUT2D eigenvalue weighted by Crippen LogP contribution is -2.47. The van der Waals surface area contributed by atoms with Crippen molar-refractivity contribution in [1.29, 1.82) is 0 Å². The first-order valence-electron chi connectivity index (χ1n) is 5.91. The van der Waals surface area contributed by atoms with Gasteiger partial charge in [-0.15, -0.1) is 11.8 Å². The molecule has 1 aromatic rings. The van der Waals surface area contributed by atoms with Crippen molar-refractivity contribution in [2.24, 2.45) is 0 Å². The summed E-state index contributed by atoms with van der Waals surface area (Å²) < 4.78 is 0. The Balaban J connectivity index is 2.17. The van der Waals surface area contributed by atoms with Crippen molar-refractivity contribution in [2.75, 3.05) is 19.3 Å². The van der Waals surface area contributed by atoms with Gasteiger partial charge in [0.25, 0.3) is 5.91 Å². The van der Waals surface area contributed by atoms with Gasteiger partial charge >= 0.3 is 0 Å². The number of nitrogens with one attached hydrogen (secondary N) is 2. The molecule has 1 amide bonds. The fraction of sp³-hybridized carbons (Fsp3) is 0.462. The minimum atomic E-state index is -0.171. The lowest BCUT2D eigenvalue weighted by atomic mass is 10.0. The molecule has 0 spiro atoms. The molecule has 98 valence electrons. The molecule has 1 aliphatic rings. The van der Waals surface area contributed by atoms with Gasteiger partial charge in [0.15, 0.2) is 0 Å². The summed E-state index contributed by atoms with van der Waals surface area (Å²) in [5.41, 5.74) is 0.382. The molecule has 0 aromatic heterocycles. The molecule has 1 atom stereocenters. The van der Waals surface area contributed by atoms with Crippen LogP contribution in [0.15, 0.2) is 23.1 Å². The average molecular weight is 285 g/mol. The first kappa shape index (κ1) is 13.7. The summed E-state index contributed by atoms with van der Waals surface area (Å²) in [6.07, 6.45) is 2.92. The molecule has 1 aliphatic heterocycles. The monoisotopic (exact) mass is 284 g/mol. The molecule has 3 nitrogen and oxygen atoms in total. The van der Waals surface area contributed by atoms with E-state index in [1.54, 1.807) is 17.8 Å². The van der Waals surface area contributed by atoms with Gasteiger partial charge in [0, 0.05) is 11.4 Å². The van der Waals surface area contributed by atoms with E-state index < -0.39 is 0 Å². The Morgan fingerprint density at radius 1 is 1.56 bits per heavy atom. The molecule has 5 heteroatoms. The van der Waals surface area contributed by atoms with E-state index in [-0.39, 0.29) is 11.4 Å². The smallest absolute Gasteiger partial charge is 0.253 e. The Bertz CT molecular complexity index is 458. The SMILES string of the molecule is CSc1ccc(Cl)c(C(=O)NC2(C)CCNC2)c1. The topological polar surface area (TPSA) is 41.1 Å². The number of hydrogen-bond acceptors (Lipinski definition) is 3. The molecule has 1 aromatic carbocycles. The molecule has 2 N–H and O–H groups in total. The second kappa shape index (κ2) is 5.51. The van der Waals surface area contributed by atoms with Crippen molar-refractivity contribution < 1.29 is 4.79 Å². The number of thioether (sulfide) groups is 1. The number of halogens is 1. The molecular weight excluding hydrogens is 268 g/mol. The van der Waals surface area contributed by atoms with Crippen LogP contribution >= 0.6 is 23.4 Å². The molecule has 0 aliphatic carbocycles. The highest BCUT2D eigenvalue weighted by Crippen LogP contribution is 2.24. The third-order valence-electron chi connectivity index (χ3n) is 3.20. The summed E-state index contributed by atoms with van der Waals surface area (Å²) in [4.78, 5) is 13.3. The van der Waals surface area contributed by atoms with Gasteiger partial charge in [-0.3, -0.25) is 4.79 Å². The van der Waals surface area contributed by atoms with E-state index in [2.05, 4.69) is 17.6 Å². The van der Waals surface area contributed by atoms with E-state index in [4.69, 9.17) is 11.6 Å². The van der Waals surface area contributed by atoms with Crippen molar-refractivity contribution in [1.82, 2.24) is 10.6 Å². The van der Waals surface area contributed by atoms with Crippen LogP contribution in [0.5, 0.6) is 0 Å². The van der Waals surface area contributed by atoms with Crippen LogP contribution in [0.4, 0.5) is 0 Å². The highest BCUT2D eigenvalue weighted by atomic mass is 35.5. The highest BCUT2D eigenvalue weighted by Gasteiger charge is 2.30. The van der Waals surface area contributed by atoms with Crippen molar-refractivity contribution >= 4 is 29.3 Å². The van der Waals surface area contributed by atoms with Crippen molar-refractivity contribution in [3.05, 3.63) is 28.8 Å². The van der Waals surface area contributed by atoms with Gasteiger partial charge in [0.2, 0.25) is 0 Å². The second-order valence-corrected chi connectivity index (χ2v) is 6.07. The minimum absolute atomic E-state index is 0.0953. The fourth-order valence-corrected chi connectivity index (χ4v) is 2.71. The molecule has 1 fully saturated rings. The normalized spacial score (nSPS) is 23.1. The number of carbonyl (C=O) groups excluding carboxylic acids is 1. The summed E-state index contributed by atoms with van der Waals surface area (Å²) in [6, 6.07) is 5.54. The zero-order valence-electron chi connectivity index (χ0n) is 10.5. The molecule has 1 heterocycles. The zero-order valence-corrected chi connectivity index (χ0v) is 12.1. The Morgan fingerprint density at radius 2 is 2.33 bits per heavy atom. The molecular formula is C13H17ClN2OS. The first-order valence-corrected chi connectivity index (χ1v) is 7.51. The highest BCUT2D eigenvalue weighted by molar-refractivity contribution is 7.98. The van der Waals surface area contributed by atoms with Gasteiger partial charge in [-0.1, -0.05) is 11.6 Å². The van der Waals surface area contributed by atoms with Crippen LogP contribution < -0.4 is 10.6 Å². The standard InChI is InChI=1S/C13H17ClN2OS/c1-13(5-6-15-8-13)16-12(17)10-7-9(18-2)3-4-11(10)14/h3-4,7,15H,5-6,8H2,1-2H3,(H,16,17). The van der Waals surface area contributed by atoms with E-state index in [9.17, 15) is 4.79 Å². The number of benzene rings is 1. The number of carbonyl (C=O) groups is 1. The lowest BCUT2D eigenvalue weighted by molar-refractivity contribution is 0.0913. The number of hydrogen-bond donors (Lipinski definition) is 2. The molecule has 0 bridgehead atoms. The molecule has 2 rings (SSSR count). The van der Waals surface area contributed by atoms with Crippen LogP contribution in [0.3, 0.4) is 0 Å². The molecule has 1 unspecified atom stereocenters.